The highest BCUT2D eigenvalue weighted by Gasteiger charge is 2.54. The quantitative estimate of drug-likeness (QED) is 0.390. The number of carbonyl (C=O) groups is 2. The van der Waals surface area contributed by atoms with Gasteiger partial charge in [-0.15, -0.1) is 0 Å². The lowest BCUT2D eigenvalue weighted by atomic mass is 9.85. The highest BCUT2D eigenvalue weighted by atomic mass is 19.1. The molecule has 3 fully saturated rings. The molecule has 6 nitrogen and oxygen atoms in total. The number of pyridine rings is 1. The van der Waals surface area contributed by atoms with Gasteiger partial charge >= 0.3 is 0 Å². The number of hydrogen-bond donors (Lipinski definition) is 1. The largest absolute Gasteiger partial charge is 0.476 e. The summed E-state index contributed by atoms with van der Waals surface area (Å²) in [5.74, 6) is 0.499. The summed E-state index contributed by atoms with van der Waals surface area (Å²) < 4.78 is 33.4. The number of anilines is 1. The third-order valence-electron chi connectivity index (χ3n) is 7.66. The van der Waals surface area contributed by atoms with E-state index in [2.05, 4.69) is 10.3 Å². The second kappa shape index (κ2) is 10.2. The standard InChI is InChI=1S/C26H37F2N3O3/c1-3-26(4-2,22(32)7-5-6-14-27)30-23(33)20-12-13-21(24(29-20)34-15-18-8-9-18)31-16-25(28,17-31)19-10-11-19/h12-13,18-19H,3-11,14-17H2,1-2H3,(H,30,33). The predicted molar refractivity (Wildman–Crippen MR) is 127 cm³/mol. The normalized spacial score (nSPS) is 19.5. The van der Waals surface area contributed by atoms with Crippen molar-refractivity contribution >= 4 is 17.4 Å². The van der Waals surface area contributed by atoms with Crippen LogP contribution in [-0.2, 0) is 4.79 Å². The maximum absolute atomic E-state index is 14.9. The fourth-order valence-electron chi connectivity index (χ4n) is 4.80. The monoisotopic (exact) mass is 477 g/mol. The minimum absolute atomic E-state index is 0.0823. The van der Waals surface area contributed by atoms with Gasteiger partial charge in [-0.05, 0) is 75.3 Å². The number of Topliss-reactive ketones (excluding diaryl/α,β-unsaturated/α-hetero) is 1. The molecule has 2 aliphatic carbocycles. The molecule has 1 saturated heterocycles. The van der Waals surface area contributed by atoms with Crippen molar-refractivity contribution in [3.8, 4) is 5.88 Å². The van der Waals surface area contributed by atoms with Crippen LogP contribution in [0, 0.1) is 11.8 Å². The van der Waals surface area contributed by atoms with Crippen molar-refractivity contribution in [3.63, 3.8) is 0 Å². The molecule has 0 unspecified atom stereocenters. The van der Waals surface area contributed by atoms with Gasteiger partial charge in [-0.2, -0.15) is 0 Å². The van der Waals surface area contributed by atoms with Gasteiger partial charge in [-0.1, -0.05) is 13.8 Å². The Morgan fingerprint density at radius 2 is 1.88 bits per heavy atom. The molecule has 0 atom stereocenters. The fourth-order valence-corrected chi connectivity index (χ4v) is 4.80. The molecule has 1 aliphatic heterocycles. The van der Waals surface area contributed by atoms with E-state index in [1.165, 1.54) is 0 Å². The zero-order chi connectivity index (χ0) is 24.3. The van der Waals surface area contributed by atoms with E-state index in [0.717, 1.165) is 25.7 Å². The Morgan fingerprint density at radius 1 is 1.18 bits per heavy atom. The summed E-state index contributed by atoms with van der Waals surface area (Å²) in [5, 5.41) is 2.92. The molecule has 0 radical (unpaired) electrons. The second-order valence-corrected chi connectivity index (χ2v) is 10.3. The average Bonchev–Trinajstić information content (AvgIpc) is 3.72. The Hall–Kier alpha value is -2.25. The zero-order valence-corrected chi connectivity index (χ0v) is 20.4. The molecular formula is C26H37F2N3O3. The maximum atomic E-state index is 14.9. The molecule has 0 spiro atoms. The van der Waals surface area contributed by atoms with E-state index >= 15 is 0 Å². The highest BCUT2D eigenvalue weighted by molar-refractivity contribution is 5.99. The lowest BCUT2D eigenvalue weighted by Gasteiger charge is -2.46. The van der Waals surface area contributed by atoms with Crippen molar-refractivity contribution < 1.29 is 23.1 Å². The first-order chi connectivity index (χ1) is 16.3. The number of alkyl halides is 2. The number of aromatic nitrogens is 1. The minimum atomic E-state index is -1.13. The molecule has 0 aromatic carbocycles. The molecule has 1 amide bonds. The first-order valence-corrected chi connectivity index (χ1v) is 12.8. The lowest BCUT2D eigenvalue weighted by molar-refractivity contribution is -0.125. The van der Waals surface area contributed by atoms with Gasteiger partial charge in [0.25, 0.3) is 5.91 Å². The zero-order valence-electron chi connectivity index (χ0n) is 20.4. The maximum Gasteiger partial charge on any atom is 0.270 e. The average molecular weight is 478 g/mol. The van der Waals surface area contributed by atoms with Gasteiger partial charge in [0.1, 0.15) is 17.1 Å². The van der Waals surface area contributed by atoms with Gasteiger partial charge in [0.15, 0.2) is 5.78 Å². The van der Waals surface area contributed by atoms with E-state index in [1.54, 1.807) is 12.1 Å². The fraction of sp³-hybridized carbons (Fsp3) is 0.731. The van der Waals surface area contributed by atoms with E-state index in [9.17, 15) is 18.4 Å². The van der Waals surface area contributed by atoms with Crippen molar-refractivity contribution in [1.29, 1.82) is 0 Å². The molecule has 1 aromatic rings. The predicted octanol–water partition coefficient (Wildman–Crippen LogP) is 4.81. The Kier molecular flexibility index (Phi) is 7.43. The van der Waals surface area contributed by atoms with Crippen molar-refractivity contribution in [1.82, 2.24) is 10.3 Å². The number of unbranched alkanes of at least 4 members (excludes halogenated alkanes) is 1. The van der Waals surface area contributed by atoms with Gasteiger partial charge in [0.2, 0.25) is 5.88 Å². The third kappa shape index (κ3) is 5.36. The number of amides is 1. The highest BCUT2D eigenvalue weighted by Crippen LogP contribution is 2.49. The van der Waals surface area contributed by atoms with Gasteiger partial charge in [0.05, 0.1) is 31.9 Å². The van der Waals surface area contributed by atoms with Crippen molar-refractivity contribution in [2.45, 2.75) is 82.8 Å². The van der Waals surface area contributed by atoms with Crippen LogP contribution in [0.2, 0.25) is 0 Å². The Labute approximate surface area is 200 Å². The number of halogens is 2. The molecule has 1 N–H and O–H groups in total. The number of carbonyl (C=O) groups excluding carboxylic acids is 2. The van der Waals surface area contributed by atoms with Crippen LogP contribution in [0.25, 0.3) is 0 Å². The third-order valence-corrected chi connectivity index (χ3v) is 7.66. The number of ether oxygens (including phenoxy) is 1. The van der Waals surface area contributed by atoms with Crippen LogP contribution >= 0.6 is 0 Å². The SMILES string of the molecule is CCC(CC)(NC(=O)c1ccc(N2CC(F)(C3CC3)C2)c(OCC2CC2)n1)C(=O)CCCCF. The molecule has 8 heteroatoms. The summed E-state index contributed by atoms with van der Waals surface area (Å²) in [7, 11) is 0. The summed E-state index contributed by atoms with van der Waals surface area (Å²) in [4.78, 5) is 32.5. The summed E-state index contributed by atoms with van der Waals surface area (Å²) in [6, 6.07) is 3.40. The summed E-state index contributed by atoms with van der Waals surface area (Å²) in [6.07, 6.45) is 6.07. The summed E-state index contributed by atoms with van der Waals surface area (Å²) in [6.45, 7) is 4.46. The Bertz CT molecular complexity index is 891. The Morgan fingerprint density at radius 3 is 2.47 bits per heavy atom. The van der Waals surface area contributed by atoms with Crippen LogP contribution in [0.4, 0.5) is 14.5 Å². The topological polar surface area (TPSA) is 71.5 Å². The molecule has 2 saturated carbocycles. The minimum Gasteiger partial charge on any atom is -0.476 e. The molecule has 4 rings (SSSR count). The van der Waals surface area contributed by atoms with Gasteiger partial charge < -0.3 is 15.0 Å². The van der Waals surface area contributed by atoms with E-state index in [4.69, 9.17) is 4.74 Å². The van der Waals surface area contributed by atoms with E-state index in [0.29, 0.717) is 62.9 Å². The van der Waals surface area contributed by atoms with Crippen molar-refractivity contribution in [3.05, 3.63) is 17.8 Å². The molecule has 34 heavy (non-hydrogen) atoms. The van der Waals surface area contributed by atoms with Gasteiger partial charge in [-0.25, -0.2) is 9.37 Å². The van der Waals surface area contributed by atoms with E-state index in [-0.39, 0.29) is 23.8 Å². The van der Waals surface area contributed by atoms with E-state index < -0.39 is 23.8 Å². The van der Waals surface area contributed by atoms with Gasteiger partial charge in [0, 0.05) is 6.42 Å². The first kappa shape index (κ1) is 24.9. The molecular weight excluding hydrogens is 440 g/mol. The molecule has 3 aliphatic rings. The van der Waals surface area contributed by atoms with Crippen LogP contribution in [0.1, 0.15) is 82.1 Å². The van der Waals surface area contributed by atoms with E-state index in [1.807, 2.05) is 18.7 Å². The van der Waals surface area contributed by atoms with Crippen molar-refractivity contribution in [2.75, 3.05) is 31.3 Å². The van der Waals surface area contributed by atoms with Crippen molar-refractivity contribution in [2.24, 2.45) is 11.8 Å². The summed E-state index contributed by atoms with van der Waals surface area (Å²) in [5.41, 5.74) is -1.25. The first-order valence-electron chi connectivity index (χ1n) is 12.8. The number of hydrogen-bond acceptors (Lipinski definition) is 5. The lowest BCUT2D eigenvalue weighted by Crippen LogP contribution is -2.60. The second-order valence-electron chi connectivity index (χ2n) is 10.3. The molecule has 0 bridgehead atoms. The smallest absolute Gasteiger partial charge is 0.270 e. The number of ketones is 1. The van der Waals surface area contributed by atoms with Crippen LogP contribution in [-0.4, -0.2) is 54.3 Å². The van der Waals surface area contributed by atoms with Crippen LogP contribution < -0.4 is 15.0 Å². The molecule has 2 heterocycles. The Balaban J connectivity index is 1.48. The molecule has 1 aromatic heterocycles. The van der Waals surface area contributed by atoms with Crippen LogP contribution in [0.3, 0.4) is 0 Å². The summed E-state index contributed by atoms with van der Waals surface area (Å²) >= 11 is 0. The number of rotatable bonds is 14. The molecule has 188 valence electrons. The van der Waals surface area contributed by atoms with Crippen LogP contribution in [0.15, 0.2) is 12.1 Å². The number of nitrogens with one attached hydrogen (secondary N) is 1. The number of nitrogens with zero attached hydrogens (tertiary/aromatic N) is 2. The van der Waals surface area contributed by atoms with Crippen LogP contribution in [0.5, 0.6) is 5.88 Å². The van der Waals surface area contributed by atoms with Gasteiger partial charge in [-0.3, -0.25) is 14.0 Å².